The Bertz CT molecular complexity index is 244. The first-order chi connectivity index (χ1) is 6.18. The van der Waals surface area contributed by atoms with Crippen molar-refractivity contribution in [3.8, 4) is 0 Å². The van der Waals surface area contributed by atoms with Crippen LogP contribution in [0.25, 0.3) is 0 Å². The Morgan fingerprint density at radius 3 is 2.54 bits per heavy atom. The summed E-state index contributed by atoms with van der Waals surface area (Å²) in [5.74, 6) is 0.344. The van der Waals surface area contributed by atoms with Gasteiger partial charge in [-0.15, -0.1) is 0 Å². The second-order valence-electron chi connectivity index (χ2n) is 4.96. The smallest absolute Gasteiger partial charge is 0.155 e. The second-order valence-corrected chi connectivity index (χ2v) is 4.96. The zero-order valence-corrected chi connectivity index (χ0v) is 8.44. The average molecular weight is 178 g/mol. The van der Waals surface area contributed by atoms with E-state index >= 15 is 0 Å². The van der Waals surface area contributed by atoms with Crippen molar-refractivity contribution in [3.05, 3.63) is 11.6 Å². The van der Waals surface area contributed by atoms with Gasteiger partial charge in [-0.2, -0.15) is 0 Å². The number of allylic oxidation sites excluding steroid dienone is 2. The summed E-state index contributed by atoms with van der Waals surface area (Å²) in [5.41, 5.74) is 1.94. The van der Waals surface area contributed by atoms with E-state index in [1.165, 1.54) is 37.7 Å². The molecule has 0 radical (unpaired) electrons. The summed E-state index contributed by atoms with van der Waals surface area (Å²) in [5, 5.41) is 0. The molecule has 0 saturated heterocycles. The highest BCUT2D eigenvalue weighted by Gasteiger charge is 2.30. The lowest BCUT2D eigenvalue weighted by Gasteiger charge is -2.23. The topological polar surface area (TPSA) is 17.1 Å². The number of ketones is 1. The van der Waals surface area contributed by atoms with Gasteiger partial charge in [-0.25, -0.2) is 0 Å². The van der Waals surface area contributed by atoms with Crippen LogP contribution in [0.3, 0.4) is 0 Å². The van der Waals surface area contributed by atoms with Gasteiger partial charge in [0.05, 0.1) is 0 Å². The molecule has 0 aliphatic heterocycles. The van der Waals surface area contributed by atoms with E-state index in [0.717, 1.165) is 12.8 Å². The van der Waals surface area contributed by atoms with Crippen LogP contribution in [-0.4, -0.2) is 5.78 Å². The standard InChI is InChI=1S/C12H18O/c1-12(6-2-3-7-12)9-10-4-5-11(13)8-10/h8H,2-7,9H2,1H3. The predicted molar refractivity (Wildman–Crippen MR) is 53.5 cm³/mol. The van der Waals surface area contributed by atoms with E-state index in [1.54, 1.807) is 0 Å². The molecule has 0 unspecified atom stereocenters. The van der Waals surface area contributed by atoms with Gasteiger partial charge in [0.1, 0.15) is 0 Å². The van der Waals surface area contributed by atoms with E-state index in [2.05, 4.69) is 6.92 Å². The third-order valence-corrected chi connectivity index (χ3v) is 3.52. The van der Waals surface area contributed by atoms with Gasteiger partial charge in [0.15, 0.2) is 5.78 Å². The molecule has 0 N–H and O–H groups in total. The van der Waals surface area contributed by atoms with Crippen molar-refractivity contribution in [2.75, 3.05) is 0 Å². The predicted octanol–water partition coefficient (Wildman–Crippen LogP) is 3.25. The fourth-order valence-electron chi connectivity index (χ4n) is 2.75. The molecule has 1 nitrogen and oxygen atoms in total. The molecule has 2 aliphatic rings. The van der Waals surface area contributed by atoms with Gasteiger partial charge in [0, 0.05) is 6.42 Å². The lowest BCUT2D eigenvalue weighted by atomic mass is 9.82. The van der Waals surface area contributed by atoms with E-state index in [1.807, 2.05) is 6.08 Å². The van der Waals surface area contributed by atoms with Gasteiger partial charge in [-0.05, 0) is 37.2 Å². The molecular weight excluding hydrogens is 160 g/mol. The first kappa shape index (κ1) is 8.98. The summed E-state index contributed by atoms with van der Waals surface area (Å²) in [6.07, 6.45) is 10.4. The van der Waals surface area contributed by atoms with Crippen LogP contribution in [0.2, 0.25) is 0 Å². The molecular formula is C12H18O. The van der Waals surface area contributed by atoms with Gasteiger partial charge < -0.3 is 0 Å². The third-order valence-electron chi connectivity index (χ3n) is 3.52. The van der Waals surface area contributed by atoms with Crippen molar-refractivity contribution in [3.63, 3.8) is 0 Å². The highest BCUT2D eigenvalue weighted by atomic mass is 16.1. The molecule has 0 amide bonds. The normalized spacial score (nSPS) is 26.5. The molecule has 0 spiro atoms. The fraction of sp³-hybridized carbons (Fsp3) is 0.750. The molecule has 1 heteroatoms. The Kier molecular flexibility index (Phi) is 2.27. The van der Waals surface area contributed by atoms with Crippen molar-refractivity contribution in [2.45, 2.75) is 51.9 Å². The zero-order chi connectivity index (χ0) is 9.31. The van der Waals surface area contributed by atoms with Crippen molar-refractivity contribution < 1.29 is 4.79 Å². The Labute approximate surface area is 80.2 Å². The summed E-state index contributed by atoms with van der Waals surface area (Å²) in [4.78, 5) is 11.1. The summed E-state index contributed by atoms with van der Waals surface area (Å²) in [6.45, 7) is 2.38. The van der Waals surface area contributed by atoms with Crippen molar-refractivity contribution in [1.82, 2.24) is 0 Å². The molecule has 0 aromatic carbocycles. The Morgan fingerprint density at radius 1 is 1.31 bits per heavy atom. The number of hydrogen-bond acceptors (Lipinski definition) is 1. The second kappa shape index (κ2) is 3.28. The summed E-state index contributed by atoms with van der Waals surface area (Å²) in [7, 11) is 0. The summed E-state index contributed by atoms with van der Waals surface area (Å²) in [6, 6.07) is 0. The van der Waals surface area contributed by atoms with Crippen molar-refractivity contribution >= 4 is 5.78 Å². The number of rotatable bonds is 2. The first-order valence-corrected chi connectivity index (χ1v) is 5.40. The zero-order valence-electron chi connectivity index (χ0n) is 8.44. The monoisotopic (exact) mass is 178 g/mol. The van der Waals surface area contributed by atoms with Crippen LogP contribution in [0.4, 0.5) is 0 Å². The lowest BCUT2D eigenvalue weighted by molar-refractivity contribution is -0.114. The minimum Gasteiger partial charge on any atom is -0.295 e. The molecule has 0 aromatic heterocycles. The fourth-order valence-corrected chi connectivity index (χ4v) is 2.75. The molecule has 1 saturated carbocycles. The number of carbonyl (C=O) groups is 1. The number of hydrogen-bond donors (Lipinski definition) is 0. The maximum Gasteiger partial charge on any atom is 0.155 e. The van der Waals surface area contributed by atoms with Crippen LogP contribution < -0.4 is 0 Å². The first-order valence-electron chi connectivity index (χ1n) is 5.40. The van der Waals surface area contributed by atoms with Gasteiger partial charge in [-0.3, -0.25) is 4.79 Å². The highest BCUT2D eigenvalue weighted by Crippen LogP contribution is 2.43. The molecule has 72 valence electrons. The summed E-state index contributed by atoms with van der Waals surface area (Å²) >= 11 is 0. The van der Waals surface area contributed by atoms with Crippen LogP contribution in [0.15, 0.2) is 11.6 Å². The molecule has 0 heterocycles. The van der Waals surface area contributed by atoms with Crippen LogP contribution in [-0.2, 0) is 4.79 Å². The minimum absolute atomic E-state index is 0.344. The van der Waals surface area contributed by atoms with Gasteiger partial charge >= 0.3 is 0 Å². The molecule has 0 bridgehead atoms. The maximum atomic E-state index is 11.1. The maximum absolute atomic E-state index is 11.1. The Hall–Kier alpha value is -0.590. The van der Waals surface area contributed by atoms with Crippen molar-refractivity contribution in [2.24, 2.45) is 5.41 Å². The lowest BCUT2D eigenvalue weighted by Crippen LogP contribution is -2.11. The molecule has 13 heavy (non-hydrogen) atoms. The highest BCUT2D eigenvalue weighted by molar-refractivity contribution is 5.92. The quantitative estimate of drug-likeness (QED) is 0.634. The molecule has 0 atom stereocenters. The molecule has 0 aromatic rings. The van der Waals surface area contributed by atoms with Gasteiger partial charge in [0.25, 0.3) is 0 Å². The van der Waals surface area contributed by atoms with E-state index in [4.69, 9.17) is 0 Å². The van der Waals surface area contributed by atoms with Crippen molar-refractivity contribution in [1.29, 1.82) is 0 Å². The van der Waals surface area contributed by atoms with E-state index in [9.17, 15) is 4.79 Å². The van der Waals surface area contributed by atoms with Crippen LogP contribution in [0.1, 0.15) is 51.9 Å². The van der Waals surface area contributed by atoms with Crippen LogP contribution in [0.5, 0.6) is 0 Å². The number of carbonyl (C=O) groups excluding carboxylic acids is 1. The molecule has 1 fully saturated rings. The van der Waals surface area contributed by atoms with Crippen LogP contribution in [0, 0.1) is 5.41 Å². The van der Waals surface area contributed by atoms with E-state index < -0.39 is 0 Å². The Balaban J connectivity index is 1.97. The average Bonchev–Trinajstić information content (AvgIpc) is 2.62. The van der Waals surface area contributed by atoms with E-state index in [0.29, 0.717) is 11.2 Å². The van der Waals surface area contributed by atoms with Gasteiger partial charge in [0.2, 0.25) is 0 Å². The summed E-state index contributed by atoms with van der Waals surface area (Å²) < 4.78 is 0. The third kappa shape index (κ3) is 2.01. The minimum atomic E-state index is 0.344. The molecule has 2 aliphatic carbocycles. The SMILES string of the molecule is CC1(CC2=CC(=O)CC2)CCCC1. The van der Waals surface area contributed by atoms with E-state index in [-0.39, 0.29) is 0 Å². The van der Waals surface area contributed by atoms with Gasteiger partial charge in [-0.1, -0.05) is 25.3 Å². The largest absolute Gasteiger partial charge is 0.295 e. The Morgan fingerprint density at radius 2 is 2.00 bits per heavy atom. The van der Waals surface area contributed by atoms with Crippen LogP contribution >= 0.6 is 0 Å². The molecule has 2 rings (SSSR count).